The van der Waals surface area contributed by atoms with Crippen LogP contribution in [0.2, 0.25) is 0 Å². The van der Waals surface area contributed by atoms with Crippen molar-refractivity contribution in [3.63, 3.8) is 0 Å². The van der Waals surface area contributed by atoms with Crippen LogP contribution in [-0.2, 0) is 9.53 Å². The van der Waals surface area contributed by atoms with Crippen LogP contribution in [0.15, 0.2) is 0 Å². The number of carbonyl (C=O) groups excluding carboxylic acids is 1. The number of alkyl halides is 1. The normalized spacial score (nSPS) is 38.5. The molecule has 4 N–H and O–H groups in total. The molecule has 1 unspecified atom stereocenters. The van der Waals surface area contributed by atoms with E-state index in [4.69, 9.17) is 16.3 Å². The molecule has 0 radical (unpaired) electrons. The van der Waals surface area contributed by atoms with Crippen LogP contribution in [0.3, 0.4) is 0 Å². The van der Waals surface area contributed by atoms with Crippen molar-refractivity contribution >= 4 is 41.7 Å². The first-order valence-corrected chi connectivity index (χ1v) is 11.3. The fourth-order valence-electron chi connectivity index (χ4n) is 4.11. The van der Waals surface area contributed by atoms with Gasteiger partial charge in [0.25, 0.3) is 0 Å². The van der Waals surface area contributed by atoms with E-state index in [1.807, 2.05) is 11.9 Å². The van der Waals surface area contributed by atoms with Gasteiger partial charge in [0.1, 0.15) is 29.9 Å². The summed E-state index contributed by atoms with van der Waals surface area (Å²) in [6.07, 6.45) is -0.0980. The van der Waals surface area contributed by atoms with E-state index in [0.29, 0.717) is 5.92 Å². The fourth-order valence-corrected chi connectivity index (χ4v) is 5.00. The molecule has 2 heterocycles. The molecule has 0 bridgehead atoms. The highest BCUT2D eigenvalue weighted by molar-refractivity contribution is 7.99. The quantitative estimate of drug-likeness (QED) is 0.416. The monoisotopic (exact) mass is 460 g/mol. The first kappa shape index (κ1) is 26.2. The third-order valence-electron chi connectivity index (χ3n) is 5.63. The topological polar surface area (TPSA) is 102 Å². The predicted octanol–water partition coefficient (Wildman–Crippen LogP) is 0.811. The van der Waals surface area contributed by atoms with Crippen molar-refractivity contribution in [3.05, 3.63) is 0 Å². The number of thioether (sulfide) groups is 1. The van der Waals surface area contributed by atoms with Crippen molar-refractivity contribution < 1.29 is 24.9 Å². The van der Waals surface area contributed by atoms with E-state index in [0.717, 1.165) is 25.8 Å². The number of amides is 1. The highest BCUT2D eigenvalue weighted by atomic mass is 35.5. The molecule has 2 aliphatic heterocycles. The largest absolute Gasteiger partial charge is 0.388 e. The molecule has 0 aromatic heterocycles. The minimum Gasteiger partial charge on any atom is -0.388 e. The van der Waals surface area contributed by atoms with Crippen LogP contribution >= 0.6 is 35.8 Å². The Balaban J connectivity index is 0.00000392. The maximum atomic E-state index is 12.9. The Kier molecular flexibility index (Phi) is 10.8. The number of hydrogen-bond acceptors (Lipinski definition) is 7. The SMILES string of the molecule is CCC[C@@H]1C[C@@H](C(=O)NC([C@H](C)Cl)[C@H]2O[C@H](SC)[C@H](O)[C@@H](O)[C@H]2O)N(C)C1.Cl. The fraction of sp³-hybridized carbons (Fsp3) is 0.944. The number of rotatable bonds is 7. The van der Waals surface area contributed by atoms with E-state index in [9.17, 15) is 20.1 Å². The molecule has 2 rings (SSSR count). The summed E-state index contributed by atoms with van der Waals surface area (Å²) >= 11 is 7.55. The second-order valence-electron chi connectivity index (χ2n) is 7.73. The maximum Gasteiger partial charge on any atom is 0.237 e. The summed E-state index contributed by atoms with van der Waals surface area (Å²) in [5.74, 6) is 0.350. The lowest BCUT2D eigenvalue weighted by atomic mass is 9.92. The van der Waals surface area contributed by atoms with Gasteiger partial charge >= 0.3 is 0 Å². The molecule has 0 aromatic rings. The summed E-state index contributed by atoms with van der Waals surface area (Å²) in [6, 6.07) is -0.934. The Hall–Kier alpha value is 0.200. The molecule has 166 valence electrons. The van der Waals surface area contributed by atoms with E-state index >= 15 is 0 Å². The highest BCUT2D eigenvalue weighted by Gasteiger charge is 2.48. The average molecular weight is 461 g/mol. The van der Waals surface area contributed by atoms with E-state index in [1.165, 1.54) is 11.8 Å². The summed E-state index contributed by atoms with van der Waals surface area (Å²) in [5.41, 5.74) is -0.702. The summed E-state index contributed by atoms with van der Waals surface area (Å²) in [4.78, 5) is 14.9. The number of likely N-dealkylation sites (tertiary alicyclic amines) is 1. The van der Waals surface area contributed by atoms with E-state index in [1.54, 1.807) is 13.2 Å². The lowest BCUT2D eigenvalue weighted by Crippen LogP contribution is -2.65. The Morgan fingerprint density at radius 1 is 1.32 bits per heavy atom. The van der Waals surface area contributed by atoms with Crippen LogP contribution in [0.5, 0.6) is 0 Å². The van der Waals surface area contributed by atoms with Crippen LogP contribution in [0.1, 0.15) is 33.1 Å². The number of likely N-dealkylation sites (N-methyl/N-ethyl adjacent to an activating group) is 1. The van der Waals surface area contributed by atoms with Gasteiger partial charge < -0.3 is 25.4 Å². The Bertz CT molecular complexity index is 503. The van der Waals surface area contributed by atoms with Crippen molar-refractivity contribution in [2.24, 2.45) is 5.92 Å². The molecule has 2 fully saturated rings. The molecule has 28 heavy (non-hydrogen) atoms. The third kappa shape index (κ3) is 5.88. The number of aliphatic hydroxyl groups is 3. The van der Waals surface area contributed by atoms with Crippen LogP contribution in [-0.4, -0.2) is 93.3 Å². The van der Waals surface area contributed by atoms with Crippen molar-refractivity contribution in [3.8, 4) is 0 Å². The molecule has 2 saturated heterocycles. The zero-order chi connectivity index (χ0) is 20.3. The number of carbonyl (C=O) groups is 1. The molecule has 2 aliphatic rings. The summed E-state index contributed by atoms with van der Waals surface area (Å²) in [7, 11) is 1.94. The standard InChI is InChI=1S/C18H33ClN2O5S.ClH/c1-5-6-10-7-11(21(3)8-10)17(25)20-12(9(2)19)16-14(23)13(22)15(24)18(26-16)27-4;/h9-16,18,22-24H,5-8H2,1-4H3,(H,20,25);1H/t9-,10+,11-,12?,13-,14+,15+,16+,18+;/m0./s1. The van der Waals surface area contributed by atoms with Gasteiger partial charge in [-0.2, -0.15) is 0 Å². The van der Waals surface area contributed by atoms with E-state index < -0.39 is 41.3 Å². The van der Waals surface area contributed by atoms with Crippen LogP contribution in [0.25, 0.3) is 0 Å². The zero-order valence-corrected chi connectivity index (χ0v) is 19.2. The number of halogens is 2. The van der Waals surface area contributed by atoms with Crippen molar-refractivity contribution in [1.29, 1.82) is 0 Å². The van der Waals surface area contributed by atoms with Crippen LogP contribution in [0.4, 0.5) is 0 Å². The van der Waals surface area contributed by atoms with Gasteiger partial charge in [0.05, 0.1) is 17.5 Å². The van der Waals surface area contributed by atoms with Gasteiger partial charge in [0, 0.05) is 6.54 Å². The Morgan fingerprint density at radius 2 is 1.96 bits per heavy atom. The Labute approximate surface area is 182 Å². The molecule has 7 nitrogen and oxygen atoms in total. The van der Waals surface area contributed by atoms with Gasteiger partial charge in [0.15, 0.2) is 0 Å². The second kappa shape index (κ2) is 11.6. The van der Waals surface area contributed by atoms with Gasteiger partial charge in [-0.15, -0.1) is 35.8 Å². The van der Waals surface area contributed by atoms with E-state index in [-0.39, 0.29) is 24.4 Å². The molecule has 1 amide bonds. The number of ether oxygens (including phenoxy) is 1. The number of nitrogens with one attached hydrogen (secondary N) is 1. The van der Waals surface area contributed by atoms with Gasteiger partial charge in [-0.25, -0.2) is 0 Å². The van der Waals surface area contributed by atoms with Crippen molar-refractivity contribution in [2.45, 2.75) is 80.4 Å². The maximum absolute atomic E-state index is 12.9. The van der Waals surface area contributed by atoms with Crippen molar-refractivity contribution in [2.75, 3.05) is 19.8 Å². The van der Waals surface area contributed by atoms with Gasteiger partial charge in [-0.05, 0) is 39.0 Å². The smallest absolute Gasteiger partial charge is 0.237 e. The van der Waals surface area contributed by atoms with Gasteiger partial charge in [-0.1, -0.05) is 13.3 Å². The first-order chi connectivity index (χ1) is 12.7. The van der Waals surface area contributed by atoms with Gasteiger partial charge in [0.2, 0.25) is 5.91 Å². The van der Waals surface area contributed by atoms with Gasteiger partial charge in [-0.3, -0.25) is 9.69 Å². The molecule has 9 atom stereocenters. The summed E-state index contributed by atoms with van der Waals surface area (Å²) < 4.78 is 5.79. The number of aliphatic hydroxyl groups excluding tert-OH is 3. The minimum atomic E-state index is -1.36. The van der Waals surface area contributed by atoms with Crippen LogP contribution in [0, 0.1) is 5.92 Å². The highest BCUT2D eigenvalue weighted by Crippen LogP contribution is 2.31. The molecular formula is C18H34Cl2N2O5S. The predicted molar refractivity (Wildman–Crippen MR) is 114 cm³/mol. The molecular weight excluding hydrogens is 427 g/mol. The van der Waals surface area contributed by atoms with Crippen molar-refractivity contribution in [1.82, 2.24) is 10.2 Å². The molecule has 0 spiro atoms. The third-order valence-corrected chi connectivity index (χ3v) is 6.76. The molecule has 0 saturated carbocycles. The first-order valence-electron chi connectivity index (χ1n) is 9.58. The molecule has 0 aliphatic carbocycles. The zero-order valence-electron chi connectivity index (χ0n) is 16.8. The summed E-state index contributed by atoms with van der Waals surface area (Å²) in [5, 5.41) is 33.0. The minimum absolute atomic E-state index is 0. The number of nitrogens with zero attached hydrogens (tertiary/aromatic N) is 1. The lowest BCUT2D eigenvalue weighted by molar-refractivity contribution is -0.205. The second-order valence-corrected chi connectivity index (χ2v) is 9.36. The molecule has 0 aromatic carbocycles. The molecule has 10 heteroatoms. The number of hydrogen-bond donors (Lipinski definition) is 4. The van der Waals surface area contributed by atoms with E-state index in [2.05, 4.69) is 12.2 Å². The lowest BCUT2D eigenvalue weighted by Gasteiger charge is -2.44. The Morgan fingerprint density at radius 3 is 2.50 bits per heavy atom. The summed E-state index contributed by atoms with van der Waals surface area (Å²) in [6.45, 7) is 4.74. The average Bonchev–Trinajstić information content (AvgIpc) is 2.99. The van der Waals surface area contributed by atoms with Crippen LogP contribution < -0.4 is 5.32 Å².